The third-order valence-electron chi connectivity index (χ3n) is 6.28. The molecule has 29 heavy (non-hydrogen) atoms. The van der Waals surface area contributed by atoms with Gasteiger partial charge >= 0.3 is 0 Å². The third-order valence-corrected chi connectivity index (χ3v) is 7.28. The Labute approximate surface area is 177 Å². The highest BCUT2D eigenvalue weighted by atomic mass is 32.2. The molecule has 1 saturated heterocycles. The molecular formula is C24H28N2O2S. The molecule has 2 aliphatic rings. The lowest BCUT2D eigenvalue weighted by Gasteiger charge is -2.32. The number of likely N-dealkylation sites (tertiary alicyclic amines) is 1. The van der Waals surface area contributed by atoms with Gasteiger partial charge in [-0.3, -0.25) is 9.59 Å². The number of hydrogen-bond acceptors (Lipinski definition) is 3. The van der Waals surface area contributed by atoms with Gasteiger partial charge in [-0.05, 0) is 48.8 Å². The monoisotopic (exact) mass is 408 g/mol. The van der Waals surface area contributed by atoms with Crippen LogP contribution in [0.4, 0.5) is 0 Å². The van der Waals surface area contributed by atoms with Crippen LogP contribution in [0, 0.1) is 11.3 Å². The maximum atomic E-state index is 12.5. The SMILES string of the molecule is O=C(NCCc1ccccc1)[C@H]1CC12CCN(C(=O)CSc1ccccc1)CC2. The zero-order valence-electron chi connectivity index (χ0n) is 16.7. The first-order chi connectivity index (χ1) is 14.2. The van der Waals surface area contributed by atoms with Crippen molar-refractivity contribution in [1.29, 1.82) is 0 Å². The molecule has 4 rings (SSSR count). The van der Waals surface area contributed by atoms with Crippen molar-refractivity contribution < 1.29 is 9.59 Å². The topological polar surface area (TPSA) is 49.4 Å². The molecule has 4 nitrogen and oxygen atoms in total. The van der Waals surface area contributed by atoms with E-state index in [4.69, 9.17) is 0 Å². The van der Waals surface area contributed by atoms with Crippen LogP contribution in [0.2, 0.25) is 0 Å². The predicted molar refractivity (Wildman–Crippen MR) is 117 cm³/mol. The van der Waals surface area contributed by atoms with Crippen molar-refractivity contribution in [2.24, 2.45) is 11.3 Å². The van der Waals surface area contributed by atoms with Crippen molar-refractivity contribution in [3.05, 3.63) is 66.2 Å². The van der Waals surface area contributed by atoms with E-state index in [9.17, 15) is 9.59 Å². The Kier molecular flexibility index (Phi) is 6.24. The largest absolute Gasteiger partial charge is 0.356 e. The van der Waals surface area contributed by atoms with Crippen LogP contribution in [0.5, 0.6) is 0 Å². The fourth-order valence-electron chi connectivity index (χ4n) is 4.32. The lowest BCUT2D eigenvalue weighted by molar-refractivity contribution is -0.130. The van der Waals surface area contributed by atoms with Crippen LogP contribution >= 0.6 is 11.8 Å². The van der Waals surface area contributed by atoms with E-state index in [1.807, 2.05) is 53.4 Å². The van der Waals surface area contributed by atoms with Crippen LogP contribution in [-0.2, 0) is 16.0 Å². The van der Waals surface area contributed by atoms with E-state index in [1.54, 1.807) is 11.8 Å². The first-order valence-corrected chi connectivity index (χ1v) is 11.4. The number of benzene rings is 2. The van der Waals surface area contributed by atoms with Gasteiger partial charge in [-0.2, -0.15) is 0 Å². The molecule has 1 N–H and O–H groups in total. The van der Waals surface area contributed by atoms with Gasteiger partial charge in [0.2, 0.25) is 11.8 Å². The molecule has 0 bridgehead atoms. The van der Waals surface area contributed by atoms with Gasteiger partial charge in [0.15, 0.2) is 0 Å². The molecule has 0 radical (unpaired) electrons. The summed E-state index contributed by atoms with van der Waals surface area (Å²) in [6.07, 6.45) is 3.75. The number of piperidine rings is 1. The highest BCUT2D eigenvalue weighted by Crippen LogP contribution is 2.59. The molecule has 2 aromatic rings. The number of rotatable bonds is 7. The summed E-state index contributed by atoms with van der Waals surface area (Å²) in [5, 5.41) is 3.11. The third kappa shape index (κ3) is 5.02. The minimum absolute atomic E-state index is 0.134. The van der Waals surface area contributed by atoms with Crippen molar-refractivity contribution in [2.75, 3.05) is 25.4 Å². The van der Waals surface area contributed by atoms with Crippen molar-refractivity contribution in [3.8, 4) is 0 Å². The number of amides is 2. The fraction of sp³-hybridized carbons (Fsp3) is 0.417. The molecule has 0 aromatic heterocycles. The molecule has 1 heterocycles. The summed E-state index contributed by atoms with van der Waals surface area (Å²) in [6.45, 7) is 2.25. The molecular weight excluding hydrogens is 380 g/mol. The second kappa shape index (κ2) is 9.04. The molecule has 1 saturated carbocycles. The van der Waals surface area contributed by atoms with Crippen molar-refractivity contribution >= 4 is 23.6 Å². The molecule has 1 spiro atoms. The maximum Gasteiger partial charge on any atom is 0.232 e. The zero-order chi connectivity index (χ0) is 20.1. The minimum atomic E-state index is 0.134. The summed E-state index contributed by atoms with van der Waals surface area (Å²) in [4.78, 5) is 28.2. The highest BCUT2D eigenvalue weighted by Gasteiger charge is 2.58. The highest BCUT2D eigenvalue weighted by molar-refractivity contribution is 8.00. The first kappa shape index (κ1) is 20.0. The molecule has 1 atom stereocenters. The maximum absolute atomic E-state index is 12.5. The van der Waals surface area contributed by atoms with E-state index in [-0.39, 0.29) is 23.1 Å². The van der Waals surface area contributed by atoms with Crippen LogP contribution in [0.25, 0.3) is 0 Å². The molecule has 152 valence electrons. The quantitative estimate of drug-likeness (QED) is 0.710. The van der Waals surface area contributed by atoms with Gasteiger partial charge in [-0.15, -0.1) is 11.8 Å². The second-order valence-corrected chi connectivity index (χ2v) is 9.18. The van der Waals surface area contributed by atoms with Gasteiger partial charge in [0.25, 0.3) is 0 Å². The Bertz CT molecular complexity index is 832. The average Bonchev–Trinajstić information content (AvgIpc) is 3.47. The Balaban J connectivity index is 1.17. The molecule has 2 amide bonds. The lowest BCUT2D eigenvalue weighted by atomic mass is 9.90. The van der Waals surface area contributed by atoms with Crippen LogP contribution in [0.3, 0.4) is 0 Å². The van der Waals surface area contributed by atoms with Gasteiger partial charge in [-0.1, -0.05) is 48.5 Å². The molecule has 5 heteroatoms. The first-order valence-electron chi connectivity index (χ1n) is 10.4. The molecule has 1 aliphatic carbocycles. The van der Waals surface area contributed by atoms with Gasteiger partial charge in [0.1, 0.15) is 0 Å². The molecule has 0 unspecified atom stereocenters. The van der Waals surface area contributed by atoms with Crippen LogP contribution < -0.4 is 5.32 Å². The Morgan fingerprint density at radius 2 is 1.66 bits per heavy atom. The summed E-state index contributed by atoms with van der Waals surface area (Å²) >= 11 is 1.60. The van der Waals surface area contributed by atoms with Gasteiger partial charge in [-0.25, -0.2) is 0 Å². The lowest BCUT2D eigenvalue weighted by Crippen LogP contribution is -2.41. The predicted octanol–water partition coefficient (Wildman–Crippen LogP) is 3.77. The van der Waals surface area contributed by atoms with Crippen LogP contribution in [0.15, 0.2) is 65.6 Å². The van der Waals surface area contributed by atoms with E-state index >= 15 is 0 Å². The fourth-order valence-corrected chi connectivity index (χ4v) is 5.15. The number of carbonyl (C=O) groups excluding carboxylic acids is 2. The minimum Gasteiger partial charge on any atom is -0.356 e. The molecule has 2 aromatic carbocycles. The normalized spacial score (nSPS) is 19.7. The van der Waals surface area contributed by atoms with Crippen molar-refractivity contribution in [2.45, 2.75) is 30.6 Å². The summed E-state index contributed by atoms with van der Waals surface area (Å²) in [5.41, 5.74) is 1.39. The van der Waals surface area contributed by atoms with Crippen LogP contribution in [-0.4, -0.2) is 42.1 Å². The van der Waals surface area contributed by atoms with E-state index in [2.05, 4.69) is 17.4 Å². The average molecular weight is 409 g/mol. The zero-order valence-corrected chi connectivity index (χ0v) is 17.5. The molecule has 2 fully saturated rings. The van der Waals surface area contributed by atoms with Crippen molar-refractivity contribution in [1.82, 2.24) is 10.2 Å². The number of carbonyl (C=O) groups is 2. The number of hydrogen-bond donors (Lipinski definition) is 1. The summed E-state index contributed by atoms with van der Waals surface area (Å²) in [6, 6.07) is 20.3. The Morgan fingerprint density at radius 3 is 2.34 bits per heavy atom. The van der Waals surface area contributed by atoms with Gasteiger partial charge in [0, 0.05) is 30.4 Å². The number of nitrogens with zero attached hydrogens (tertiary/aromatic N) is 1. The van der Waals surface area contributed by atoms with Gasteiger partial charge in [0.05, 0.1) is 5.75 Å². The van der Waals surface area contributed by atoms with E-state index in [1.165, 1.54) is 5.56 Å². The smallest absolute Gasteiger partial charge is 0.232 e. The number of nitrogens with one attached hydrogen (secondary N) is 1. The van der Waals surface area contributed by atoms with E-state index < -0.39 is 0 Å². The van der Waals surface area contributed by atoms with Gasteiger partial charge < -0.3 is 10.2 Å². The summed E-state index contributed by atoms with van der Waals surface area (Å²) in [7, 11) is 0. The second-order valence-electron chi connectivity index (χ2n) is 8.13. The molecule has 1 aliphatic heterocycles. The van der Waals surface area contributed by atoms with Crippen molar-refractivity contribution in [3.63, 3.8) is 0 Å². The summed E-state index contributed by atoms with van der Waals surface area (Å²) < 4.78 is 0. The summed E-state index contributed by atoms with van der Waals surface area (Å²) in [5.74, 6) is 1.02. The standard InChI is InChI=1S/C24H28N2O2S/c27-22(18-29-20-9-5-2-6-10-20)26-15-12-24(13-16-26)17-21(24)23(28)25-14-11-19-7-3-1-4-8-19/h1-10,21H,11-18H2,(H,25,28)/t21-/m1/s1. The van der Waals surface area contributed by atoms with E-state index in [0.29, 0.717) is 12.3 Å². The Morgan fingerprint density at radius 1 is 1.00 bits per heavy atom. The van der Waals surface area contributed by atoms with E-state index in [0.717, 1.165) is 43.7 Å². The number of thioether (sulfide) groups is 1. The van der Waals surface area contributed by atoms with Crippen LogP contribution in [0.1, 0.15) is 24.8 Å². The Hall–Kier alpha value is -2.27.